The molecule has 0 saturated heterocycles. The Morgan fingerprint density at radius 3 is 2.65 bits per heavy atom. The monoisotopic (exact) mass is 258 g/mol. The first kappa shape index (κ1) is 14.5. The van der Waals surface area contributed by atoms with Gasteiger partial charge in [0.15, 0.2) is 0 Å². The van der Waals surface area contributed by atoms with E-state index in [9.17, 15) is 9.50 Å². The number of hydrogen-bond acceptors (Lipinski definition) is 1. The molecule has 0 aliphatic heterocycles. The first-order valence-corrected chi connectivity index (χ1v) is 6.66. The summed E-state index contributed by atoms with van der Waals surface area (Å²) >= 11 is 5.79. The zero-order valence-electron chi connectivity index (χ0n) is 10.3. The van der Waals surface area contributed by atoms with Crippen molar-refractivity contribution in [3.05, 3.63) is 34.6 Å². The fourth-order valence-corrected chi connectivity index (χ4v) is 2.05. The minimum Gasteiger partial charge on any atom is -0.388 e. The lowest BCUT2D eigenvalue weighted by Crippen LogP contribution is -2.00. The van der Waals surface area contributed by atoms with Gasteiger partial charge in [-0.2, -0.15) is 0 Å². The molecule has 1 aromatic carbocycles. The number of rotatable bonds is 7. The topological polar surface area (TPSA) is 20.2 Å². The van der Waals surface area contributed by atoms with E-state index < -0.39 is 6.10 Å². The van der Waals surface area contributed by atoms with Crippen molar-refractivity contribution in [2.45, 2.75) is 51.6 Å². The first-order chi connectivity index (χ1) is 8.15. The largest absolute Gasteiger partial charge is 0.388 e. The SMILES string of the molecule is CCCCCCCC(O)c1cc(Cl)ccc1F. The molecule has 0 fully saturated rings. The molecule has 0 aromatic heterocycles. The first-order valence-electron chi connectivity index (χ1n) is 6.28. The van der Waals surface area contributed by atoms with Crippen LogP contribution in [0.1, 0.15) is 57.1 Å². The Kier molecular flexibility index (Phi) is 6.53. The Labute approximate surface area is 108 Å². The maximum absolute atomic E-state index is 13.4. The fraction of sp³-hybridized carbons (Fsp3) is 0.571. The molecule has 0 amide bonds. The van der Waals surface area contributed by atoms with Crippen LogP contribution in [0, 0.1) is 5.82 Å². The third-order valence-electron chi connectivity index (χ3n) is 2.90. The summed E-state index contributed by atoms with van der Waals surface area (Å²) in [7, 11) is 0. The van der Waals surface area contributed by atoms with Crippen molar-refractivity contribution in [2.75, 3.05) is 0 Å². The molecular weight excluding hydrogens is 239 g/mol. The summed E-state index contributed by atoms with van der Waals surface area (Å²) in [5, 5.41) is 10.3. The molecular formula is C14H20ClFO. The van der Waals surface area contributed by atoms with Crippen LogP contribution >= 0.6 is 11.6 Å². The standard InChI is InChI=1S/C14H20ClFO/c1-2-3-4-5-6-7-14(17)12-10-11(15)8-9-13(12)16/h8-10,14,17H,2-7H2,1H3. The number of benzene rings is 1. The molecule has 0 saturated carbocycles. The molecule has 0 aliphatic rings. The van der Waals surface area contributed by atoms with Gasteiger partial charge in [0.2, 0.25) is 0 Å². The quantitative estimate of drug-likeness (QED) is 0.692. The molecule has 17 heavy (non-hydrogen) atoms. The molecule has 0 spiro atoms. The highest BCUT2D eigenvalue weighted by molar-refractivity contribution is 6.30. The van der Waals surface area contributed by atoms with E-state index in [1.807, 2.05) is 0 Å². The van der Waals surface area contributed by atoms with Crippen LogP contribution in [0.3, 0.4) is 0 Å². The normalized spacial score (nSPS) is 12.7. The van der Waals surface area contributed by atoms with Crippen LogP contribution in [-0.4, -0.2) is 5.11 Å². The van der Waals surface area contributed by atoms with Crippen LogP contribution in [0.5, 0.6) is 0 Å². The van der Waals surface area contributed by atoms with E-state index in [4.69, 9.17) is 11.6 Å². The van der Waals surface area contributed by atoms with Gasteiger partial charge in [-0.15, -0.1) is 0 Å². The van der Waals surface area contributed by atoms with Crippen LogP contribution in [0.4, 0.5) is 4.39 Å². The molecule has 1 N–H and O–H groups in total. The van der Waals surface area contributed by atoms with Crippen LogP contribution in [0.2, 0.25) is 5.02 Å². The zero-order chi connectivity index (χ0) is 12.7. The van der Waals surface area contributed by atoms with Gasteiger partial charge in [0.05, 0.1) is 6.10 Å². The van der Waals surface area contributed by atoms with Gasteiger partial charge in [-0.1, -0.05) is 50.6 Å². The predicted octanol–water partition coefficient (Wildman–Crippen LogP) is 4.87. The smallest absolute Gasteiger partial charge is 0.129 e. The Morgan fingerprint density at radius 1 is 1.24 bits per heavy atom. The number of aliphatic hydroxyl groups excluding tert-OH is 1. The summed E-state index contributed by atoms with van der Waals surface area (Å²) in [5.41, 5.74) is 0.313. The molecule has 1 atom stereocenters. The predicted molar refractivity (Wildman–Crippen MR) is 69.7 cm³/mol. The number of hydrogen-bond donors (Lipinski definition) is 1. The van der Waals surface area contributed by atoms with E-state index in [1.54, 1.807) is 0 Å². The maximum Gasteiger partial charge on any atom is 0.129 e. The van der Waals surface area contributed by atoms with Crippen molar-refractivity contribution in [1.29, 1.82) is 0 Å². The van der Waals surface area contributed by atoms with Gasteiger partial charge in [0.25, 0.3) is 0 Å². The van der Waals surface area contributed by atoms with Gasteiger partial charge in [-0.25, -0.2) is 4.39 Å². The number of unbranched alkanes of at least 4 members (excludes halogenated alkanes) is 4. The van der Waals surface area contributed by atoms with Crippen molar-refractivity contribution in [3.63, 3.8) is 0 Å². The van der Waals surface area contributed by atoms with Gasteiger partial charge in [0.1, 0.15) is 5.82 Å². The summed E-state index contributed by atoms with van der Waals surface area (Å²) in [6.07, 6.45) is 5.48. The highest BCUT2D eigenvalue weighted by Gasteiger charge is 2.12. The average molecular weight is 259 g/mol. The van der Waals surface area contributed by atoms with Gasteiger partial charge < -0.3 is 5.11 Å². The fourth-order valence-electron chi connectivity index (χ4n) is 1.87. The number of aliphatic hydroxyl groups is 1. The van der Waals surface area contributed by atoms with E-state index >= 15 is 0 Å². The Bertz CT molecular complexity index is 341. The molecule has 3 heteroatoms. The number of halogens is 2. The minimum absolute atomic E-state index is 0.313. The molecule has 1 aromatic rings. The van der Waals surface area contributed by atoms with Gasteiger partial charge in [-0.05, 0) is 24.6 Å². The Morgan fingerprint density at radius 2 is 1.94 bits per heavy atom. The van der Waals surface area contributed by atoms with E-state index in [0.717, 1.165) is 12.8 Å². The van der Waals surface area contributed by atoms with E-state index in [2.05, 4.69) is 6.92 Å². The van der Waals surface area contributed by atoms with E-state index in [1.165, 1.54) is 37.5 Å². The third-order valence-corrected chi connectivity index (χ3v) is 3.13. The highest BCUT2D eigenvalue weighted by Crippen LogP contribution is 2.25. The highest BCUT2D eigenvalue weighted by atomic mass is 35.5. The zero-order valence-corrected chi connectivity index (χ0v) is 11.0. The molecule has 1 unspecified atom stereocenters. The lowest BCUT2D eigenvalue weighted by Gasteiger charge is -2.12. The molecule has 0 heterocycles. The van der Waals surface area contributed by atoms with Crippen molar-refractivity contribution >= 4 is 11.6 Å². The van der Waals surface area contributed by atoms with Crippen molar-refractivity contribution in [1.82, 2.24) is 0 Å². The second kappa shape index (κ2) is 7.67. The summed E-state index contributed by atoms with van der Waals surface area (Å²) in [6, 6.07) is 4.31. The van der Waals surface area contributed by atoms with Crippen molar-refractivity contribution in [3.8, 4) is 0 Å². The molecule has 0 aliphatic carbocycles. The lowest BCUT2D eigenvalue weighted by atomic mass is 10.0. The summed E-state index contributed by atoms with van der Waals surface area (Å²) in [4.78, 5) is 0. The molecule has 96 valence electrons. The second-order valence-electron chi connectivity index (χ2n) is 4.38. The average Bonchev–Trinajstić information content (AvgIpc) is 2.32. The van der Waals surface area contributed by atoms with Crippen LogP contribution < -0.4 is 0 Å². The Balaban J connectivity index is 2.41. The van der Waals surface area contributed by atoms with E-state index in [-0.39, 0.29) is 5.82 Å². The van der Waals surface area contributed by atoms with Gasteiger partial charge in [-0.3, -0.25) is 0 Å². The molecule has 1 nitrogen and oxygen atoms in total. The van der Waals surface area contributed by atoms with E-state index in [0.29, 0.717) is 17.0 Å². The van der Waals surface area contributed by atoms with Crippen LogP contribution in [-0.2, 0) is 0 Å². The van der Waals surface area contributed by atoms with Gasteiger partial charge in [0, 0.05) is 10.6 Å². The maximum atomic E-state index is 13.4. The second-order valence-corrected chi connectivity index (χ2v) is 4.82. The van der Waals surface area contributed by atoms with Gasteiger partial charge >= 0.3 is 0 Å². The summed E-state index contributed by atoms with van der Waals surface area (Å²) in [6.45, 7) is 2.16. The van der Waals surface area contributed by atoms with Crippen LogP contribution in [0.25, 0.3) is 0 Å². The van der Waals surface area contributed by atoms with Crippen molar-refractivity contribution < 1.29 is 9.50 Å². The van der Waals surface area contributed by atoms with Crippen molar-refractivity contribution in [2.24, 2.45) is 0 Å². The Hall–Kier alpha value is -0.600. The minimum atomic E-state index is -0.740. The summed E-state index contributed by atoms with van der Waals surface area (Å²) in [5.74, 6) is -0.379. The van der Waals surface area contributed by atoms with Crippen LogP contribution in [0.15, 0.2) is 18.2 Å². The summed E-state index contributed by atoms with van der Waals surface area (Å²) < 4.78 is 13.4. The molecule has 1 rings (SSSR count). The third kappa shape index (κ3) is 5.05. The molecule has 0 radical (unpaired) electrons. The lowest BCUT2D eigenvalue weighted by molar-refractivity contribution is 0.159. The molecule has 0 bridgehead atoms.